The lowest BCUT2D eigenvalue weighted by molar-refractivity contribution is 1.40. The van der Waals surface area contributed by atoms with Gasteiger partial charge in [0.15, 0.2) is 0 Å². The fourth-order valence-electron chi connectivity index (χ4n) is 2.07. The second-order valence-corrected chi connectivity index (χ2v) is 4.63. The average molecular weight is 244 g/mol. The van der Waals surface area contributed by atoms with Crippen LogP contribution in [0.25, 0.3) is 10.9 Å². The Morgan fingerprint density at radius 2 is 1.79 bits per heavy atom. The zero-order valence-electron chi connectivity index (χ0n) is 10.7. The maximum absolute atomic E-state index is 5.85. The first kappa shape index (κ1) is 11.8. The van der Waals surface area contributed by atoms with Crippen molar-refractivity contribution in [1.82, 2.24) is 4.98 Å². The van der Waals surface area contributed by atoms with Gasteiger partial charge in [-0.25, -0.2) is 0 Å². The second kappa shape index (κ2) is 4.77. The van der Waals surface area contributed by atoms with E-state index in [1.165, 1.54) is 5.56 Å². The van der Waals surface area contributed by atoms with Crippen LogP contribution >= 0.6 is 0 Å². The quantitative estimate of drug-likeness (QED) is 0.700. The molecule has 0 aliphatic carbocycles. The maximum Gasteiger partial charge on any atom is 0.113 e. The molecule has 1 N–H and O–H groups in total. The fraction of sp³-hybridized carbons (Fsp3) is 0.0625. The van der Waals surface area contributed by atoms with Crippen LogP contribution in [0.2, 0.25) is 0 Å². The summed E-state index contributed by atoms with van der Waals surface area (Å²) < 4.78 is 0. The summed E-state index contributed by atoms with van der Waals surface area (Å²) in [6, 6.07) is 16.0. The number of aryl methyl sites for hydroxylation is 1. The molecule has 0 aliphatic heterocycles. The highest BCUT2D eigenvalue weighted by atomic mass is 14.9. The predicted molar refractivity (Wildman–Crippen MR) is 81.6 cm³/mol. The lowest BCUT2D eigenvalue weighted by Gasteiger charge is -2.10. The van der Waals surface area contributed by atoms with Gasteiger partial charge in [0.2, 0.25) is 0 Å². The topological polar surface area (TPSA) is 24.9 Å². The summed E-state index contributed by atoms with van der Waals surface area (Å²) in [5.74, 6) is 0. The first-order valence-corrected chi connectivity index (χ1v) is 6.20. The van der Waals surface area contributed by atoms with Gasteiger partial charge in [-0.3, -0.25) is 4.98 Å². The van der Waals surface area contributed by atoms with Crippen molar-refractivity contribution in [3.05, 3.63) is 60.3 Å². The Bertz CT molecular complexity index is 720. The van der Waals surface area contributed by atoms with Gasteiger partial charge in [0.25, 0.3) is 0 Å². The summed E-state index contributed by atoms with van der Waals surface area (Å²) in [5, 5.41) is 4.44. The summed E-state index contributed by atoms with van der Waals surface area (Å²) in [6.07, 6.45) is 1.80. The van der Waals surface area contributed by atoms with Crippen molar-refractivity contribution in [2.24, 2.45) is 0 Å². The SMILES string of the molecule is [B]c1ccc2nccc(Nc3ccc(C)cc3)c2c1. The van der Waals surface area contributed by atoms with Crippen LogP contribution in [-0.2, 0) is 0 Å². The van der Waals surface area contributed by atoms with Crippen molar-refractivity contribution < 1.29 is 0 Å². The molecule has 0 spiro atoms. The highest BCUT2D eigenvalue weighted by Crippen LogP contribution is 2.24. The van der Waals surface area contributed by atoms with Crippen LogP contribution in [0.5, 0.6) is 0 Å². The molecule has 0 aliphatic rings. The van der Waals surface area contributed by atoms with Crippen molar-refractivity contribution in [2.75, 3.05) is 5.32 Å². The normalized spacial score (nSPS) is 10.6. The van der Waals surface area contributed by atoms with E-state index in [0.717, 1.165) is 27.7 Å². The molecule has 0 bridgehead atoms. The highest BCUT2D eigenvalue weighted by molar-refractivity contribution is 6.33. The highest BCUT2D eigenvalue weighted by Gasteiger charge is 2.02. The Morgan fingerprint density at radius 3 is 2.58 bits per heavy atom. The molecule has 0 saturated carbocycles. The summed E-state index contributed by atoms with van der Waals surface area (Å²) >= 11 is 0. The molecule has 0 atom stereocenters. The molecular weight excluding hydrogens is 231 g/mol. The molecule has 3 aromatic rings. The van der Waals surface area contributed by atoms with Crippen LogP contribution in [0.15, 0.2) is 54.7 Å². The molecule has 0 fully saturated rings. The molecule has 3 rings (SSSR count). The number of nitrogens with one attached hydrogen (secondary N) is 1. The molecule has 2 aromatic carbocycles. The lowest BCUT2D eigenvalue weighted by Crippen LogP contribution is -2.02. The molecule has 0 saturated heterocycles. The molecule has 0 unspecified atom stereocenters. The Kier molecular flexibility index (Phi) is 2.96. The molecule has 19 heavy (non-hydrogen) atoms. The number of hydrogen-bond acceptors (Lipinski definition) is 2. The van der Waals surface area contributed by atoms with E-state index >= 15 is 0 Å². The van der Waals surface area contributed by atoms with Crippen LogP contribution in [0.3, 0.4) is 0 Å². The Morgan fingerprint density at radius 1 is 1.00 bits per heavy atom. The predicted octanol–water partition coefficient (Wildman–Crippen LogP) is 3.08. The van der Waals surface area contributed by atoms with Gasteiger partial charge < -0.3 is 5.32 Å². The molecular formula is C16H13BN2. The fourth-order valence-corrected chi connectivity index (χ4v) is 2.07. The minimum Gasteiger partial charge on any atom is -0.355 e. The summed E-state index contributed by atoms with van der Waals surface area (Å²) in [6.45, 7) is 2.08. The third-order valence-corrected chi connectivity index (χ3v) is 3.10. The number of pyridine rings is 1. The zero-order chi connectivity index (χ0) is 13.2. The molecule has 1 aromatic heterocycles. The van der Waals surface area contributed by atoms with E-state index in [9.17, 15) is 0 Å². The Balaban J connectivity index is 2.05. The van der Waals surface area contributed by atoms with Crippen molar-refractivity contribution in [3.8, 4) is 0 Å². The number of nitrogens with zero attached hydrogens (tertiary/aromatic N) is 1. The number of anilines is 2. The molecule has 90 valence electrons. The van der Waals surface area contributed by atoms with E-state index in [1.807, 2.05) is 24.3 Å². The number of fused-ring (bicyclic) bond motifs is 1. The molecule has 2 radical (unpaired) electrons. The number of benzene rings is 2. The van der Waals surface area contributed by atoms with Gasteiger partial charge in [-0.15, -0.1) is 0 Å². The van der Waals surface area contributed by atoms with Gasteiger partial charge >= 0.3 is 0 Å². The van der Waals surface area contributed by atoms with E-state index in [0.29, 0.717) is 0 Å². The number of aromatic nitrogens is 1. The van der Waals surface area contributed by atoms with Crippen molar-refractivity contribution >= 4 is 35.6 Å². The second-order valence-electron chi connectivity index (χ2n) is 4.63. The van der Waals surface area contributed by atoms with E-state index < -0.39 is 0 Å². The molecule has 0 amide bonds. The summed E-state index contributed by atoms with van der Waals surface area (Å²) in [7, 11) is 5.85. The summed E-state index contributed by atoms with van der Waals surface area (Å²) in [5.41, 5.74) is 5.00. The van der Waals surface area contributed by atoms with Crippen LogP contribution in [0, 0.1) is 6.92 Å². The minimum atomic E-state index is 0.743. The van der Waals surface area contributed by atoms with Crippen molar-refractivity contribution in [2.45, 2.75) is 6.92 Å². The standard InChI is InChI=1S/C16H13BN2/c1-11-2-5-13(6-3-11)19-16-8-9-18-15-7-4-12(17)10-14(15)16/h2-10H,1H3,(H,18,19). The Hall–Kier alpha value is -2.29. The van der Waals surface area contributed by atoms with Crippen LogP contribution < -0.4 is 10.8 Å². The van der Waals surface area contributed by atoms with Crippen molar-refractivity contribution in [3.63, 3.8) is 0 Å². The molecule has 3 heteroatoms. The third-order valence-electron chi connectivity index (χ3n) is 3.10. The summed E-state index contributed by atoms with van der Waals surface area (Å²) in [4.78, 5) is 4.34. The van der Waals surface area contributed by atoms with E-state index in [2.05, 4.69) is 41.5 Å². The first-order valence-electron chi connectivity index (χ1n) is 6.20. The first-order chi connectivity index (χ1) is 9.22. The number of hydrogen-bond donors (Lipinski definition) is 1. The van der Waals surface area contributed by atoms with Crippen LogP contribution in [0.4, 0.5) is 11.4 Å². The third kappa shape index (κ3) is 2.45. The largest absolute Gasteiger partial charge is 0.355 e. The molecule has 2 nitrogen and oxygen atoms in total. The Labute approximate surface area is 113 Å². The van der Waals surface area contributed by atoms with Gasteiger partial charge in [-0.05, 0) is 31.2 Å². The van der Waals surface area contributed by atoms with E-state index in [4.69, 9.17) is 7.85 Å². The van der Waals surface area contributed by atoms with E-state index in [-0.39, 0.29) is 0 Å². The van der Waals surface area contributed by atoms with E-state index in [1.54, 1.807) is 6.20 Å². The average Bonchev–Trinajstić information content (AvgIpc) is 2.42. The minimum absolute atomic E-state index is 0.743. The monoisotopic (exact) mass is 244 g/mol. The van der Waals surface area contributed by atoms with Crippen LogP contribution in [-0.4, -0.2) is 12.8 Å². The molecule has 1 heterocycles. The van der Waals surface area contributed by atoms with Gasteiger partial charge in [0.05, 0.1) is 5.52 Å². The van der Waals surface area contributed by atoms with Crippen molar-refractivity contribution in [1.29, 1.82) is 0 Å². The maximum atomic E-state index is 5.85. The van der Waals surface area contributed by atoms with Gasteiger partial charge in [-0.1, -0.05) is 35.3 Å². The van der Waals surface area contributed by atoms with Gasteiger partial charge in [0.1, 0.15) is 7.85 Å². The smallest absolute Gasteiger partial charge is 0.113 e. The van der Waals surface area contributed by atoms with Gasteiger partial charge in [0, 0.05) is 23.0 Å². The van der Waals surface area contributed by atoms with Crippen LogP contribution in [0.1, 0.15) is 5.56 Å². The lowest BCUT2D eigenvalue weighted by atomic mass is 9.94. The number of rotatable bonds is 2. The van der Waals surface area contributed by atoms with Gasteiger partial charge in [-0.2, -0.15) is 0 Å². The zero-order valence-corrected chi connectivity index (χ0v) is 10.7.